The molecule has 2 aromatic heterocycles. The fraction of sp³-hybridized carbons (Fsp3) is 0.417. The summed E-state index contributed by atoms with van der Waals surface area (Å²) in [6.45, 7) is 5.65. The molecule has 0 atom stereocenters. The Morgan fingerprint density at radius 2 is 2.22 bits per heavy atom. The van der Waals surface area contributed by atoms with Gasteiger partial charge in [-0.15, -0.1) is 5.10 Å². The Bertz CT molecular complexity index is 469. The van der Waals surface area contributed by atoms with Crippen molar-refractivity contribution in [1.82, 2.24) is 15.2 Å². The Morgan fingerprint density at radius 1 is 1.33 bits per heavy atom. The Balaban J connectivity index is 1.90. The predicted molar refractivity (Wildman–Crippen MR) is 69.2 cm³/mol. The topological polar surface area (TPSA) is 75.9 Å². The molecule has 0 saturated heterocycles. The van der Waals surface area contributed by atoms with Gasteiger partial charge in [-0.25, -0.2) is 0 Å². The first-order chi connectivity index (χ1) is 8.74. The zero-order valence-electron chi connectivity index (χ0n) is 10.6. The van der Waals surface area contributed by atoms with E-state index >= 15 is 0 Å². The van der Waals surface area contributed by atoms with Crippen LogP contribution in [0.25, 0.3) is 0 Å². The first-order valence-electron chi connectivity index (χ1n) is 5.94. The van der Waals surface area contributed by atoms with E-state index in [1.807, 2.05) is 12.1 Å². The molecular weight excluding hydrogens is 230 g/mol. The average Bonchev–Trinajstić information content (AvgIpc) is 2.87. The Hall–Kier alpha value is -2.11. The standard InChI is InChI=1S/C12H17N5O/c1-9(2)6-14-12-16-11(8-15-17-12)13-7-10-4-3-5-18-10/h3-5,8-9H,6-7H2,1-2H3,(H2,13,14,16,17). The van der Waals surface area contributed by atoms with Crippen molar-refractivity contribution in [1.29, 1.82) is 0 Å². The summed E-state index contributed by atoms with van der Waals surface area (Å²) in [6, 6.07) is 3.75. The maximum Gasteiger partial charge on any atom is 0.244 e. The van der Waals surface area contributed by atoms with Crippen molar-refractivity contribution in [3.05, 3.63) is 30.4 Å². The summed E-state index contributed by atoms with van der Waals surface area (Å²) in [5.41, 5.74) is 0. The number of nitrogens with zero attached hydrogens (tertiary/aromatic N) is 3. The van der Waals surface area contributed by atoms with Crippen LogP contribution in [-0.2, 0) is 6.54 Å². The van der Waals surface area contributed by atoms with Crippen LogP contribution in [-0.4, -0.2) is 21.7 Å². The molecule has 18 heavy (non-hydrogen) atoms. The molecule has 2 heterocycles. The van der Waals surface area contributed by atoms with Gasteiger partial charge >= 0.3 is 0 Å². The molecule has 0 spiro atoms. The zero-order chi connectivity index (χ0) is 12.8. The third kappa shape index (κ3) is 3.73. The van der Waals surface area contributed by atoms with Gasteiger partial charge in [0.1, 0.15) is 5.76 Å². The normalized spacial score (nSPS) is 10.6. The first-order valence-corrected chi connectivity index (χ1v) is 5.94. The number of nitrogens with one attached hydrogen (secondary N) is 2. The summed E-state index contributed by atoms with van der Waals surface area (Å²) >= 11 is 0. The van der Waals surface area contributed by atoms with Gasteiger partial charge in [-0.05, 0) is 18.1 Å². The maximum absolute atomic E-state index is 5.22. The minimum atomic E-state index is 0.535. The summed E-state index contributed by atoms with van der Waals surface area (Å²) in [5.74, 6) is 2.60. The molecule has 0 aliphatic rings. The van der Waals surface area contributed by atoms with Crippen molar-refractivity contribution >= 4 is 11.8 Å². The van der Waals surface area contributed by atoms with Crippen LogP contribution in [0, 0.1) is 5.92 Å². The highest BCUT2D eigenvalue weighted by molar-refractivity contribution is 5.37. The summed E-state index contributed by atoms with van der Waals surface area (Å²) in [5, 5.41) is 14.1. The van der Waals surface area contributed by atoms with Crippen LogP contribution >= 0.6 is 0 Å². The van der Waals surface area contributed by atoms with Crippen molar-refractivity contribution in [2.45, 2.75) is 20.4 Å². The van der Waals surface area contributed by atoms with Gasteiger partial charge < -0.3 is 15.1 Å². The van der Waals surface area contributed by atoms with Crippen molar-refractivity contribution in [2.24, 2.45) is 5.92 Å². The van der Waals surface area contributed by atoms with E-state index in [0.717, 1.165) is 12.3 Å². The predicted octanol–water partition coefficient (Wildman–Crippen LogP) is 2.14. The van der Waals surface area contributed by atoms with Gasteiger partial charge in [-0.3, -0.25) is 0 Å². The van der Waals surface area contributed by atoms with E-state index in [1.165, 1.54) is 0 Å². The molecule has 6 heteroatoms. The van der Waals surface area contributed by atoms with E-state index in [1.54, 1.807) is 12.5 Å². The Kier molecular flexibility index (Phi) is 4.11. The lowest BCUT2D eigenvalue weighted by atomic mass is 10.2. The van der Waals surface area contributed by atoms with E-state index in [4.69, 9.17) is 4.42 Å². The van der Waals surface area contributed by atoms with Crippen LogP contribution in [0.3, 0.4) is 0 Å². The fourth-order valence-electron chi connectivity index (χ4n) is 1.35. The molecular formula is C12H17N5O. The minimum Gasteiger partial charge on any atom is -0.467 e. The molecule has 0 aliphatic heterocycles. The quantitative estimate of drug-likeness (QED) is 0.814. The van der Waals surface area contributed by atoms with Crippen LogP contribution in [0.5, 0.6) is 0 Å². The highest BCUT2D eigenvalue weighted by Gasteiger charge is 2.02. The van der Waals surface area contributed by atoms with Crippen molar-refractivity contribution in [2.75, 3.05) is 17.2 Å². The number of anilines is 2. The lowest BCUT2D eigenvalue weighted by molar-refractivity contribution is 0.517. The van der Waals surface area contributed by atoms with Gasteiger partial charge in [0.2, 0.25) is 5.95 Å². The van der Waals surface area contributed by atoms with Crippen molar-refractivity contribution in [3.8, 4) is 0 Å². The molecule has 0 saturated carbocycles. The molecule has 0 bridgehead atoms. The number of hydrogen-bond donors (Lipinski definition) is 2. The zero-order valence-corrected chi connectivity index (χ0v) is 10.6. The summed E-state index contributed by atoms with van der Waals surface area (Å²) < 4.78 is 5.22. The van der Waals surface area contributed by atoms with Crippen LogP contribution in [0.15, 0.2) is 29.0 Å². The van der Waals surface area contributed by atoms with Crippen LogP contribution in [0.1, 0.15) is 19.6 Å². The lowest BCUT2D eigenvalue weighted by Crippen LogP contribution is -2.12. The molecule has 0 radical (unpaired) electrons. The van der Waals surface area contributed by atoms with Gasteiger partial charge in [0, 0.05) is 6.54 Å². The fourth-order valence-corrected chi connectivity index (χ4v) is 1.35. The molecule has 0 aromatic carbocycles. The third-order valence-corrected chi connectivity index (χ3v) is 2.25. The molecule has 0 fully saturated rings. The molecule has 0 amide bonds. The van der Waals surface area contributed by atoms with Crippen LogP contribution < -0.4 is 10.6 Å². The van der Waals surface area contributed by atoms with Crippen LogP contribution in [0.4, 0.5) is 11.8 Å². The minimum absolute atomic E-state index is 0.535. The maximum atomic E-state index is 5.22. The van der Waals surface area contributed by atoms with E-state index in [0.29, 0.717) is 24.2 Å². The lowest BCUT2D eigenvalue weighted by Gasteiger charge is -2.08. The summed E-state index contributed by atoms with van der Waals surface area (Å²) in [7, 11) is 0. The first kappa shape index (κ1) is 12.3. The van der Waals surface area contributed by atoms with Gasteiger partial charge in [0.05, 0.1) is 19.0 Å². The number of rotatable bonds is 6. The molecule has 2 rings (SSSR count). The number of hydrogen-bond acceptors (Lipinski definition) is 6. The number of aromatic nitrogens is 3. The molecule has 0 unspecified atom stereocenters. The van der Waals surface area contributed by atoms with Crippen molar-refractivity contribution < 1.29 is 4.42 Å². The highest BCUT2D eigenvalue weighted by atomic mass is 16.3. The molecule has 96 valence electrons. The molecule has 2 aromatic rings. The van der Waals surface area contributed by atoms with Gasteiger partial charge in [-0.2, -0.15) is 10.1 Å². The molecule has 2 N–H and O–H groups in total. The SMILES string of the molecule is CC(C)CNc1nncc(NCc2ccco2)n1. The van der Waals surface area contributed by atoms with E-state index < -0.39 is 0 Å². The Morgan fingerprint density at radius 3 is 2.94 bits per heavy atom. The monoisotopic (exact) mass is 247 g/mol. The second kappa shape index (κ2) is 6.00. The smallest absolute Gasteiger partial charge is 0.244 e. The van der Waals surface area contributed by atoms with Gasteiger partial charge in [-0.1, -0.05) is 13.8 Å². The van der Waals surface area contributed by atoms with Crippen LogP contribution in [0.2, 0.25) is 0 Å². The van der Waals surface area contributed by atoms with E-state index in [-0.39, 0.29) is 0 Å². The number of furan rings is 1. The second-order valence-corrected chi connectivity index (χ2v) is 4.37. The molecule has 0 aliphatic carbocycles. The highest BCUT2D eigenvalue weighted by Crippen LogP contribution is 2.07. The second-order valence-electron chi connectivity index (χ2n) is 4.37. The van der Waals surface area contributed by atoms with E-state index in [2.05, 4.69) is 39.7 Å². The summed E-state index contributed by atoms with van der Waals surface area (Å²) in [4.78, 5) is 4.31. The Labute approximate surface area is 106 Å². The largest absolute Gasteiger partial charge is 0.467 e. The molecule has 6 nitrogen and oxygen atoms in total. The summed E-state index contributed by atoms with van der Waals surface area (Å²) in [6.07, 6.45) is 3.23. The van der Waals surface area contributed by atoms with E-state index in [9.17, 15) is 0 Å². The van der Waals surface area contributed by atoms with Crippen molar-refractivity contribution in [3.63, 3.8) is 0 Å². The third-order valence-electron chi connectivity index (χ3n) is 2.25. The van der Waals surface area contributed by atoms with Gasteiger partial charge in [0.15, 0.2) is 5.82 Å². The average molecular weight is 247 g/mol. The van der Waals surface area contributed by atoms with Gasteiger partial charge in [0.25, 0.3) is 0 Å².